The van der Waals surface area contributed by atoms with Crippen LogP contribution in [0.5, 0.6) is 0 Å². The van der Waals surface area contributed by atoms with Crippen LogP contribution in [0.2, 0.25) is 0 Å². The van der Waals surface area contributed by atoms with Crippen LogP contribution in [0, 0.1) is 5.41 Å². The zero-order valence-electron chi connectivity index (χ0n) is 10.2. The van der Waals surface area contributed by atoms with Gasteiger partial charge in [0.1, 0.15) is 0 Å². The molecule has 0 N–H and O–H groups in total. The molecule has 2 rings (SSSR count). The van der Waals surface area contributed by atoms with Crippen molar-refractivity contribution in [3.05, 3.63) is 65.3 Å². The highest BCUT2D eigenvalue weighted by Gasteiger charge is 2.17. The Bertz CT molecular complexity index is 451. The highest BCUT2D eigenvalue weighted by molar-refractivity contribution is 5.63. The average molecular weight is 210 g/mol. The first-order chi connectivity index (χ1) is 7.55. The van der Waals surface area contributed by atoms with Crippen molar-refractivity contribution in [2.45, 2.75) is 20.8 Å². The van der Waals surface area contributed by atoms with Gasteiger partial charge in [0.25, 0.3) is 0 Å². The van der Waals surface area contributed by atoms with Gasteiger partial charge >= 0.3 is 0 Å². The Balaban J connectivity index is 2.25. The fourth-order valence-corrected chi connectivity index (χ4v) is 1.76. The minimum absolute atomic E-state index is 0.239. The van der Waals surface area contributed by atoms with E-state index in [1.807, 2.05) is 6.07 Å². The van der Waals surface area contributed by atoms with Gasteiger partial charge in [0.05, 0.1) is 0 Å². The van der Waals surface area contributed by atoms with Crippen molar-refractivity contribution in [2.75, 3.05) is 0 Å². The molecule has 1 aliphatic rings. The summed E-state index contributed by atoms with van der Waals surface area (Å²) >= 11 is 0. The van der Waals surface area contributed by atoms with E-state index in [9.17, 15) is 0 Å². The van der Waals surface area contributed by atoms with Crippen LogP contribution in [-0.4, -0.2) is 0 Å². The predicted octanol–water partition coefficient (Wildman–Crippen LogP) is 4.61. The Morgan fingerprint density at radius 1 is 0.938 bits per heavy atom. The van der Waals surface area contributed by atoms with Crippen LogP contribution in [0.4, 0.5) is 0 Å². The number of benzene rings is 1. The standard InChI is InChI=1S/C16H18/c1-16(2,3)15-10-9-14(12-15)11-13-7-5-4-6-8-13/h4-12H,1-3H3. The van der Waals surface area contributed by atoms with Crippen LogP contribution in [0.25, 0.3) is 6.08 Å². The molecule has 0 heterocycles. The molecule has 82 valence electrons. The summed E-state index contributed by atoms with van der Waals surface area (Å²) in [5.41, 5.74) is 4.18. The largest absolute Gasteiger partial charge is 0.0622 e. The molecule has 16 heavy (non-hydrogen) atoms. The molecule has 1 aromatic rings. The third-order valence-electron chi connectivity index (χ3n) is 2.78. The topological polar surface area (TPSA) is 0 Å². The molecule has 0 fully saturated rings. The summed E-state index contributed by atoms with van der Waals surface area (Å²) < 4.78 is 0. The molecule has 1 aliphatic carbocycles. The van der Waals surface area contributed by atoms with E-state index in [4.69, 9.17) is 0 Å². The van der Waals surface area contributed by atoms with Crippen LogP contribution in [0.15, 0.2) is 59.7 Å². The summed E-state index contributed by atoms with van der Waals surface area (Å²) in [6, 6.07) is 10.4. The lowest BCUT2D eigenvalue weighted by Gasteiger charge is -2.17. The van der Waals surface area contributed by atoms with Gasteiger partial charge in [-0.25, -0.2) is 0 Å². The summed E-state index contributed by atoms with van der Waals surface area (Å²) in [5.74, 6) is 0. The normalized spacial score (nSPS) is 17.9. The zero-order valence-corrected chi connectivity index (χ0v) is 10.2. The van der Waals surface area contributed by atoms with E-state index >= 15 is 0 Å². The second-order valence-electron chi connectivity index (χ2n) is 5.24. The number of rotatable bonds is 1. The Kier molecular flexibility index (Phi) is 2.82. The van der Waals surface area contributed by atoms with Gasteiger partial charge in [0.2, 0.25) is 0 Å². The Morgan fingerprint density at radius 2 is 1.62 bits per heavy atom. The first kappa shape index (κ1) is 10.9. The van der Waals surface area contributed by atoms with E-state index in [-0.39, 0.29) is 5.41 Å². The molecule has 0 aromatic heterocycles. The van der Waals surface area contributed by atoms with Gasteiger partial charge < -0.3 is 0 Å². The second-order valence-corrected chi connectivity index (χ2v) is 5.24. The molecule has 0 spiro atoms. The molecule has 0 atom stereocenters. The van der Waals surface area contributed by atoms with Crippen molar-refractivity contribution in [1.82, 2.24) is 0 Å². The molecule has 0 heteroatoms. The minimum Gasteiger partial charge on any atom is -0.0622 e. The smallest absolute Gasteiger partial charge is 0.0132 e. The van der Waals surface area contributed by atoms with E-state index in [0.717, 1.165) is 0 Å². The van der Waals surface area contributed by atoms with E-state index in [1.165, 1.54) is 16.7 Å². The van der Waals surface area contributed by atoms with Crippen molar-refractivity contribution in [3.63, 3.8) is 0 Å². The molecule has 0 radical (unpaired) electrons. The summed E-state index contributed by atoms with van der Waals surface area (Å²) in [7, 11) is 0. The lowest BCUT2D eigenvalue weighted by atomic mass is 9.87. The van der Waals surface area contributed by atoms with Gasteiger partial charge in [0.15, 0.2) is 0 Å². The average Bonchev–Trinajstić information content (AvgIpc) is 2.67. The number of hydrogen-bond donors (Lipinski definition) is 0. The highest BCUT2D eigenvalue weighted by atomic mass is 14.2. The van der Waals surface area contributed by atoms with Gasteiger partial charge in [-0.05, 0) is 28.2 Å². The zero-order chi connectivity index (χ0) is 11.6. The minimum atomic E-state index is 0.239. The van der Waals surface area contributed by atoms with Gasteiger partial charge in [-0.1, -0.05) is 69.3 Å². The van der Waals surface area contributed by atoms with Crippen LogP contribution in [0.1, 0.15) is 26.3 Å². The van der Waals surface area contributed by atoms with Crippen molar-refractivity contribution >= 4 is 6.08 Å². The molecule has 0 amide bonds. The monoisotopic (exact) mass is 210 g/mol. The molecule has 1 aromatic carbocycles. The molecule has 0 saturated carbocycles. The molecule has 0 saturated heterocycles. The van der Waals surface area contributed by atoms with Gasteiger partial charge in [-0.3, -0.25) is 0 Å². The van der Waals surface area contributed by atoms with Crippen LogP contribution >= 0.6 is 0 Å². The number of hydrogen-bond acceptors (Lipinski definition) is 0. The van der Waals surface area contributed by atoms with E-state index in [2.05, 4.69) is 69.3 Å². The summed E-state index contributed by atoms with van der Waals surface area (Å²) in [4.78, 5) is 0. The Hall–Kier alpha value is -1.56. The maximum Gasteiger partial charge on any atom is -0.0132 e. The Morgan fingerprint density at radius 3 is 2.19 bits per heavy atom. The van der Waals surface area contributed by atoms with Crippen molar-refractivity contribution in [2.24, 2.45) is 5.41 Å². The van der Waals surface area contributed by atoms with Crippen molar-refractivity contribution in [3.8, 4) is 0 Å². The SMILES string of the molecule is CC(C)(C)C1=CC(=Cc2ccccc2)C=C1. The summed E-state index contributed by atoms with van der Waals surface area (Å²) in [5, 5.41) is 0. The van der Waals surface area contributed by atoms with E-state index in [0.29, 0.717) is 0 Å². The highest BCUT2D eigenvalue weighted by Crippen LogP contribution is 2.32. The van der Waals surface area contributed by atoms with Crippen LogP contribution in [-0.2, 0) is 0 Å². The first-order valence-electron chi connectivity index (χ1n) is 5.73. The predicted molar refractivity (Wildman–Crippen MR) is 71.1 cm³/mol. The van der Waals surface area contributed by atoms with Gasteiger partial charge in [0, 0.05) is 0 Å². The second kappa shape index (κ2) is 4.13. The molecule has 0 aliphatic heterocycles. The fourth-order valence-electron chi connectivity index (χ4n) is 1.76. The van der Waals surface area contributed by atoms with Gasteiger partial charge in [-0.2, -0.15) is 0 Å². The van der Waals surface area contributed by atoms with Crippen LogP contribution in [0.3, 0.4) is 0 Å². The molecular formula is C16H18. The van der Waals surface area contributed by atoms with E-state index < -0.39 is 0 Å². The third kappa shape index (κ3) is 2.52. The van der Waals surface area contributed by atoms with Crippen molar-refractivity contribution < 1.29 is 0 Å². The van der Waals surface area contributed by atoms with E-state index in [1.54, 1.807) is 0 Å². The lowest BCUT2D eigenvalue weighted by Crippen LogP contribution is -2.05. The molecule has 0 bridgehead atoms. The molecule has 0 unspecified atom stereocenters. The maximum absolute atomic E-state index is 2.27. The lowest BCUT2D eigenvalue weighted by molar-refractivity contribution is 0.518. The van der Waals surface area contributed by atoms with Gasteiger partial charge in [-0.15, -0.1) is 0 Å². The maximum atomic E-state index is 2.27. The van der Waals surface area contributed by atoms with Crippen LogP contribution < -0.4 is 0 Å². The molecule has 0 nitrogen and oxygen atoms in total. The quantitative estimate of drug-likeness (QED) is 0.635. The summed E-state index contributed by atoms with van der Waals surface area (Å²) in [6.07, 6.45) is 8.89. The summed E-state index contributed by atoms with van der Waals surface area (Å²) in [6.45, 7) is 6.73. The van der Waals surface area contributed by atoms with Crippen molar-refractivity contribution in [1.29, 1.82) is 0 Å². The number of allylic oxidation sites excluding steroid dienone is 5. The Labute approximate surface area is 98.0 Å². The third-order valence-corrected chi connectivity index (χ3v) is 2.78. The molecular weight excluding hydrogens is 192 g/mol. The fraction of sp³-hybridized carbons (Fsp3) is 0.250. The first-order valence-corrected chi connectivity index (χ1v) is 5.73.